The highest BCUT2D eigenvalue weighted by atomic mass is 19.1. The van der Waals surface area contributed by atoms with E-state index in [9.17, 15) is 8.78 Å². The highest BCUT2D eigenvalue weighted by Gasteiger charge is 2.37. The molecule has 0 heterocycles. The number of hydrogen-bond donors (Lipinski definition) is 1. The lowest BCUT2D eigenvalue weighted by Gasteiger charge is -2.40. The van der Waals surface area contributed by atoms with Gasteiger partial charge in [0.05, 0.1) is 0 Å². The van der Waals surface area contributed by atoms with Gasteiger partial charge in [-0.2, -0.15) is 0 Å². The monoisotopic (exact) mass is 281 g/mol. The Morgan fingerprint density at radius 1 is 1.25 bits per heavy atom. The molecule has 0 spiro atoms. The lowest BCUT2D eigenvalue weighted by molar-refractivity contribution is 0.228. The van der Waals surface area contributed by atoms with Crippen molar-refractivity contribution < 1.29 is 8.78 Å². The van der Waals surface area contributed by atoms with Gasteiger partial charge in [0.25, 0.3) is 0 Å². The van der Waals surface area contributed by atoms with E-state index in [2.05, 4.69) is 19.2 Å². The molecule has 1 aliphatic carbocycles. The Morgan fingerprint density at radius 3 is 2.55 bits per heavy atom. The van der Waals surface area contributed by atoms with Crippen LogP contribution in [0.2, 0.25) is 0 Å². The summed E-state index contributed by atoms with van der Waals surface area (Å²) in [5.41, 5.74) is 0.522. The van der Waals surface area contributed by atoms with Crippen LogP contribution in [0.4, 0.5) is 8.78 Å². The normalized spacial score (nSPS) is 26.7. The van der Waals surface area contributed by atoms with Gasteiger partial charge in [-0.15, -0.1) is 0 Å². The molecule has 1 aromatic rings. The topological polar surface area (TPSA) is 12.0 Å². The first kappa shape index (κ1) is 15.4. The van der Waals surface area contributed by atoms with Crippen LogP contribution in [0.5, 0.6) is 0 Å². The lowest BCUT2D eigenvalue weighted by atomic mass is 9.66. The summed E-state index contributed by atoms with van der Waals surface area (Å²) >= 11 is 0. The van der Waals surface area contributed by atoms with Crippen molar-refractivity contribution in [1.29, 1.82) is 0 Å². The van der Waals surface area contributed by atoms with E-state index in [-0.39, 0.29) is 5.41 Å². The molecule has 112 valence electrons. The Kier molecular flexibility index (Phi) is 5.14. The molecule has 0 aromatic heterocycles. The van der Waals surface area contributed by atoms with Crippen LogP contribution in [0, 0.1) is 17.6 Å². The van der Waals surface area contributed by atoms with Crippen LogP contribution in [0.1, 0.15) is 51.5 Å². The van der Waals surface area contributed by atoms with Crippen molar-refractivity contribution in [2.75, 3.05) is 13.1 Å². The van der Waals surface area contributed by atoms with Gasteiger partial charge in [-0.05, 0) is 56.2 Å². The van der Waals surface area contributed by atoms with Gasteiger partial charge < -0.3 is 5.32 Å². The van der Waals surface area contributed by atoms with E-state index in [4.69, 9.17) is 0 Å². The van der Waals surface area contributed by atoms with E-state index in [0.717, 1.165) is 51.3 Å². The zero-order valence-corrected chi connectivity index (χ0v) is 12.5. The molecule has 2 rings (SSSR count). The van der Waals surface area contributed by atoms with Crippen LogP contribution >= 0.6 is 0 Å². The third-order valence-electron chi connectivity index (χ3n) is 4.62. The molecule has 0 aliphatic heterocycles. The molecule has 1 saturated carbocycles. The molecule has 1 fully saturated rings. The molecule has 1 aromatic carbocycles. The minimum Gasteiger partial charge on any atom is -0.316 e. The van der Waals surface area contributed by atoms with Crippen LogP contribution in [-0.2, 0) is 5.41 Å². The predicted molar refractivity (Wildman–Crippen MR) is 78.8 cm³/mol. The summed E-state index contributed by atoms with van der Waals surface area (Å²) in [6.45, 7) is 6.11. The van der Waals surface area contributed by atoms with Gasteiger partial charge in [0.2, 0.25) is 0 Å². The summed E-state index contributed by atoms with van der Waals surface area (Å²) in [6.07, 6.45) is 5.26. The first-order chi connectivity index (χ1) is 9.57. The largest absolute Gasteiger partial charge is 0.316 e. The van der Waals surface area contributed by atoms with E-state index < -0.39 is 11.6 Å². The van der Waals surface area contributed by atoms with Gasteiger partial charge >= 0.3 is 0 Å². The van der Waals surface area contributed by atoms with Crippen molar-refractivity contribution in [3.05, 3.63) is 35.4 Å². The second-order valence-electron chi connectivity index (χ2n) is 6.26. The lowest BCUT2D eigenvalue weighted by Crippen LogP contribution is -2.42. The predicted octanol–water partition coefficient (Wildman–Crippen LogP) is 4.41. The maximum atomic E-state index is 14.2. The minimum atomic E-state index is -0.493. The molecule has 20 heavy (non-hydrogen) atoms. The molecule has 0 atom stereocenters. The van der Waals surface area contributed by atoms with Gasteiger partial charge in [0.1, 0.15) is 11.6 Å². The van der Waals surface area contributed by atoms with E-state index in [1.54, 1.807) is 6.07 Å². The van der Waals surface area contributed by atoms with Crippen molar-refractivity contribution in [2.24, 2.45) is 5.92 Å². The second-order valence-corrected chi connectivity index (χ2v) is 6.26. The summed E-state index contributed by atoms with van der Waals surface area (Å²) in [5.74, 6) is -0.178. The average Bonchev–Trinajstić information content (AvgIpc) is 2.42. The van der Waals surface area contributed by atoms with Crippen LogP contribution in [0.25, 0.3) is 0 Å². The zero-order valence-electron chi connectivity index (χ0n) is 12.5. The molecule has 1 aliphatic rings. The molecular formula is C17H25F2N. The van der Waals surface area contributed by atoms with E-state index in [0.29, 0.717) is 11.5 Å². The molecule has 1 nitrogen and oxygen atoms in total. The summed E-state index contributed by atoms with van der Waals surface area (Å²) in [7, 11) is 0. The number of benzene rings is 1. The number of nitrogens with one attached hydrogen (secondary N) is 1. The molecule has 0 unspecified atom stereocenters. The Balaban J connectivity index is 2.25. The third kappa shape index (κ3) is 3.38. The summed E-state index contributed by atoms with van der Waals surface area (Å²) in [5, 5.41) is 3.44. The zero-order chi connectivity index (χ0) is 14.6. The number of rotatable bonds is 5. The minimum absolute atomic E-state index is 0.167. The molecule has 0 amide bonds. The molecule has 3 heteroatoms. The van der Waals surface area contributed by atoms with E-state index in [1.165, 1.54) is 6.07 Å². The fourth-order valence-corrected chi connectivity index (χ4v) is 3.28. The summed E-state index contributed by atoms with van der Waals surface area (Å²) in [6, 6.07) is 4.06. The van der Waals surface area contributed by atoms with Crippen molar-refractivity contribution in [2.45, 2.75) is 51.4 Å². The van der Waals surface area contributed by atoms with Gasteiger partial charge in [0.15, 0.2) is 0 Å². The second kappa shape index (κ2) is 6.66. The van der Waals surface area contributed by atoms with Gasteiger partial charge in [0, 0.05) is 18.0 Å². The molecule has 0 radical (unpaired) electrons. The number of hydrogen-bond acceptors (Lipinski definition) is 1. The Labute approximate surface area is 120 Å². The van der Waals surface area contributed by atoms with Gasteiger partial charge in [-0.25, -0.2) is 8.78 Å². The van der Waals surface area contributed by atoms with Gasteiger partial charge in [-0.3, -0.25) is 0 Å². The van der Waals surface area contributed by atoms with Crippen LogP contribution in [-0.4, -0.2) is 13.1 Å². The number of halogens is 2. The molecule has 1 N–H and O–H groups in total. The first-order valence-electron chi connectivity index (χ1n) is 7.73. The fourth-order valence-electron chi connectivity index (χ4n) is 3.28. The smallest absolute Gasteiger partial charge is 0.129 e. The summed E-state index contributed by atoms with van der Waals surface area (Å²) < 4.78 is 27.4. The van der Waals surface area contributed by atoms with Crippen molar-refractivity contribution >= 4 is 0 Å². The van der Waals surface area contributed by atoms with Crippen LogP contribution in [0.15, 0.2) is 18.2 Å². The van der Waals surface area contributed by atoms with Crippen LogP contribution in [0.3, 0.4) is 0 Å². The van der Waals surface area contributed by atoms with Crippen molar-refractivity contribution in [3.63, 3.8) is 0 Å². The maximum absolute atomic E-state index is 14.2. The fraction of sp³-hybridized carbons (Fsp3) is 0.647. The summed E-state index contributed by atoms with van der Waals surface area (Å²) in [4.78, 5) is 0. The van der Waals surface area contributed by atoms with E-state index >= 15 is 0 Å². The van der Waals surface area contributed by atoms with Gasteiger partial charge in [-0.1, -0.05) is 19.9 Å². The van der Waals surface area contributed by atoms with Crippen molar-refractivity contribution in [1.82, 2.24) is 5.32 Å². The molecule has 0 bridgehead atoms. The maximum Gasteiger partial charge on any atom is 0.129 e. The Morgan fingerprint density at radius 2 is 1.95 bits per heavy atom. The molecule has 0 saturated heterocycles. The Bertz CT molecular complexity index is 437. The third-order valence-corrected chi connectivity index (χ3v) is 4.62. The van der Waals surface area contributed by atoms with Crippen molar-refractivity contribution in [3.8, 4) is 0 Å². The Hall–Kier alpha value is -0.960. The molecular weight excluding hydrogens is 256 g/mol. The highest BCUT2D eigenvalue weighted by molar-refractivity contribution is 5.29. The average molecular weight is 281 g/mol. The quantitative estimate of drug-likeness (QED) is 0.788. The van der Waals surface area contributed by atoms with E-state index in [1.807, 2.05) is 0 Å². The van der Waals surface area contributed by atoms with Crippen LogP contribution < -0.4 is 5.32 Å². The SMILES string of the molecule is CCCNCC1(c2ccc(F)cc2F)CCC(C)CC1. The standard InChI is InChI=1S/C17H25F2N/c1-3-10-20-12-17(8-6-13(2)7-9-17)15-5-4-14(18)11-16(15)19/h4-5,11,13,20H,3,6-10,12H2,1-2H3. The first-order valence-corrected chi connectivity index (χ1v) is 7.73. The highest BCUT2D eigenvalue weighted by Crippen LogP contribution is 2.42.